The summed E-state index contributed by atoms with van der Waals surface area (Å²) in [6.07, 6.45) is 1.29. The highest BCUT2D eigenvalue weighted by Gasteiger charge is 2.28. The van der Waals surface area contributed by atoms with Crippen molar-refractivity contribution in [3.05, 3.63) is 0 Å². The Labute approximate surface area is 124 Å². The number of carbonyl (C=O) groups excluding carboxylic acids is 3. The Balaban J connectivity index is 1.67. The monoisotopic (exact) mass is 297 g/mol. The van der Waals surface area contributed by atoms with Crippen molar-refractivity contribution in [1.29, 1.82) is 0 Å². The second kappa shape index (κ2) is 6.89. The van der Waals surface area contributed by atoms with Crippen LogP contribution in [-0.2, 0) is 14.3 Å². The molecule has 2 atom stereocenters. The van der Waals surface area contributed by atoms with E-state index in [1.54, 1.807) is 4.90 Å². The van der Waals surface area contributed by atoms with E-state index >= 15 is 0 Å². The Morgan fingerprint density at radius 2 is 1.76 bits per heavy atom. The number of urea groups is 1. The van der Waals surface area contributed by atoms with Gasteiger partial charge < -0.3 is 15.0 Å². The second-order valence-corrected chi connectivity index (χ2v) is 5.69. The van der Waals surface area contributed by atoms with Crippen LogP contribution >= 0.6 is 0 Å². The molecule has 2 aliphatic rings. The topological polar surface area (TPSA) is 79.0 Å². The molecule has 118 valence electrons. The molecule has 21 heavy (non-hydrogen) atoms. The molecule has 2 heterocycles. The molecule has 0 unspecified atom stereocenters. The van der Waals surface area contributed by atoms with Crippen LogP contribution in [0.25, 0.3) is 0 Å². The lowest BCUT2D eigenvalue weighted by Crippen LogP contribution is -2.51. The molecule has 7 nitrogen and oxygen atoms in total. The van der Waals surface area contributed by atoms with Crippen LogP contribution in [0.2, 0.25) is 0 Å². The van der Waals surface area contributed by atoms with Gasteiger partial charge in [-0.05, 0) is 20.3 Å². The molecule has 0 spiro atoms. The lowest BCUT2D eigenvalue weighted by molar-refractivity contribution is -0.138. The molecule has 1 N–H and O–H groups in total. The molecular formula is C14H23N3O4. The summed E-state index contributed by atoms with van der Waals surface area (Å²) in [7, 11) is 0. The number of likely N-dealkylation sites (tertiary alicyclic amines) is 1. The summed E-state index contributed by atoms with van der Waals surface area (Å²) in [6.45, 7) is 5.89. The van der Waals surface area contributed by atoms with Crippen molar-refractivity contribution in [3.63, 3.8) is 0 Å². The maximum absolute atomic E-state index is 12.0. The van der Waals surface area contributed by atoms with Crippen LogP contribution in [-0.4, -0.2) is 66.0 Å². The van der Waals surface area contributed by atoms with Crippen molar-refractivity contribution >= 4 is 17.8 Å². The Morgan fingerprint density at radius 1 is 1.19 bits per heavy atom. The van der Waals surface area contributed by atoms with Crippen molar-refractivity contribution < 1.29 is 19.1 Å². The molecular weight excluding hydrogens is 274 g/mol. The van der Waals surface area contributed by atoms with Gasteiger partial charge in [-0.25, -0.2) is 4.79 Å². The first-order valence-corrected chi connectivity index (χ1v) is 7.49. The molecule has 0 saturated carbocycles. The third-order valence-electron chi connectivity index (χ3n) is 3.70. The van der Waals surface area contributed by atoms with Gasteiger partial charge in [0.2, 0.25) is 11.8 Å². The molecule has 2 rings (SSSR count). The Hall–Kier alpha value is -1.63. The smallest absolute Gasteiger partial charge is 0.317 e. The van der Waals surface area contributed by atoms with Crippen LogP contribution < -0.4 is 5.32 Å². The van der Waals surface area contributed by atoms with E-state index in [9.17, 15) is 14.4 Å². The predicted molar refractivity (Wildman–Crippen MR) is 75.6 cm³/mol. The predicted octanol–water partition coefficient (Wildman–Crippen LogP) is 0.344. The molecule has 0 aromatic rings. The molecule has 2 aliphatic heterocycles. The van der Waals surface area contributed by atoms with Crippen LogP contribution in [0.5, 0.6) is 0 Å². The van der Waals surface area contributed by atoms with Crippen LogP contribution in [0.3, 0.4) is 0 Å². The molecule has 2 saturated heterocycles. The number of carbonyl (C=O) groups is 3. The number of hydrogen-bond acceptors (Lipinski definition) is 4. The molecule has 0 bridgehead atoms. The standard InChI is InChI=1S/C14H23N3O4/c1-10-8-16(9-11(2)21-10)14(20)15-6-3-7-17-12(18)4-5-13(17)19/h10-11H,3-9H2,1-2H3,(H,15,20)/t10-,11-/m0/s1. The lowest BCUT2D eigenvalue weighted by atomic mass is 10.2. The Kier molecular flexibility index (Phi) is 5.17. The number of nitrogens with zero attached hydrogens (tertiary/aromatic N) is 2. The number of morpholine rings is 1. The first-order valence-electron chi connectivity index (χ1n) is 7.49. The van der Waals surface area contributed by atoms with Crippen molar-refractivity contribution in [2.75, 3.05) is 26.2 Å². The van der Waals surface area contributed by atoms with Gasteiger partial charge in [0.25, 0.3) is 0 Å². The normalized spacial score (nSPS) is 26.4. The van der Waals surface area contributed by atoms with Crippen LogP contribution in [0, 0.1) is 0 Å². The summed E-state index contributed by atoms with van der Waals surface area (Å²) < 4.78 is 5.58. The Morgan fingerprint density at radius 3 is 2.33 bits per heavy atom. The zero-order valence-electron chi connectivity index (χ0n) is 12.6. The quantitative estimate of drug-likeness (QED) is 0.599. The van der Waals surface area contributed by atoms with Gasteiger partial charge in [0, 0.05) is 39.0 Å². The number of amides is 4. The van der Waals surface area contributed by atoms with Crippen molar-refractivity contribution in [2.45, 2.75) is 45.3 Å². The zero-order chi connectivity index (χ0) is 15.4. The van der Waals surface area contributed by atoms with E-state index in [0.717, 1.165) is 0 Å². The minimum Gasteiger partial charge on any atom is -0.372 e. The van der Waals surface area contributed by atoms with Gasteiger partial charge in [0.15, 0.2) is 0 Å². The van der Waals surface area contributed by atoms with E-state index in [1.165, 1.54) is 4.90 Å². The summed E-state index contributed by atoms with van der Waals surface area (Å²) in [4.78, 5) is 37.9. The van der Waals surface area contributed by atoms with Crippen LogP contribution in [0.15, 0.2) is 0 Å². The third kappa shape index (κ3) is 4.17. The number of hydrogen-bond donors (Lipinski definition) is 1. The van der Waals surface area contributed by atoms with Gasteiger partial charge in [0.1, 0.15) is 0 Å². The average Bonchev–Trinajstić information content (AvgIpc) is 2.73. The summed E-state index contributed by atoms with van der Waals surface area (Å²) >= 11 is 0. The van der Waals surface area contributed by atoms with E-state index < -0.39 is 0 Å². The highest BCUT2D eigenvalue weighted by molar-refractivity contribution is 6.01. The number of imide groups is 1. The van der Waals surface area contributed by atoms with E-state index in [1.807, 2.05) is 13.8 Å². The summed E-state index contributed by atoms with van der Waals surface area (Å²) in [6, 6.07) is -0.115. The van der Waals surface area contributed by atoms with E-state index in [-0.39, 0.29) is 30.1 Å². The largest absolute Gasteiger partial charge is 0.372 e. The number of ether oxygens (including phenoxy) is 1. The Bertz CT molecular complexity index is 400. The van der Waals surface area contributed by atoms with Crippen molar-refractivity contribution in [3.8, 4) is 0 Å². The molecule has 0 aromatic heterocycles. The SMILES string of the molecule is C[C@H]1CN(C(=O)NCCCN2C(=O)CCC2=O)C[C@H](C)O1. The minimum atomic E-state index is -0.115. The molecule has 0 aliphatic carbocycles. The van der Waals surface area contributed by atoms with Crippen LogP contribution in [0.4, 0.5) is 4.79 Å². The fourth-order valence-electron chi connectivity index (χ4n) is 2.76. The van der Waals surface area contributed by atoms with Gasteiger partial charge in [-0.15, -0.1) is 0 Å². The highest BCUT2D eigenvalue weighted by atomic mass is 16.5. The van der Waals surface area contributed by atoms with E-state index in [4.69, 9.17) is 4.74 Å². The van der Waals surface area contributed by atoms with Gasteiger partial charge >= 0.3 is 6.03 Å². The van der Waals surface area contributed by atoms with Gasteiger partial charge in [-0.1, -0.05) is 0 Å². The molecule has 7 heteroatoms. The van der Waals surface area contributed by atoms with Gasteiger partial charge in [-0.3, -0.25) is 14.5 Å². The lowest BCUT2D eigenvalue weighted by Gasteiger charge is -2.35. The first-order chi connectivity index (χ1) is 9.97. The van der Waals surface area contributed by atoms with E-state index in [0.29, 0.717) is 45.4 Å². The molecule has 0 radical (unpaired) electrons. The second-order valence-electron chi connectivity index (χ2n) is 5.69. The number of nitrogens with one attached hydrogen (secondary N) is 1. The summed E-state index contributed by atoms with van der Waals surface area (Å²) in [5.41, 5.74) is 0. The van der Waals surface area contributed by atoms with Crippen LogP contribution in [0.1, 0.15) is 33.1 Å². The summed E-state index contributed by atoms with van der Waals surface area (Å²) in [5, 5.41) is 2.83. The van der Waals surface area contributed by atoms with Gasteiger partial charge in [0.05, 0.1) is 12.2 Å². The zero-order valence-corrected chi connectivity index (χ0v) is 12.6. The maximum atomic E-state index is 12.0. The highest BCUT2D eigenvalue weighted by Crippen LogP contribution is 2.12. The third-order valence-corrected chi connectivity index (χ3v) is 3.70. The van der Waals surface area contributed by atoms with Gasteiger partial charge in [-0.2, -0.15) is 0 Å². The molecule has 0 aromatic carbocycles. The minimum absolute atomic E-state index is 0.0411. The summed E-state index contributed by atoms with van der Waals surface area (Å²) in [5.74, 6) is -0.218. The van der Waals surface area contributed by atoms with Crippen molar-refractivity contribution in [1.82, 2.24) is 15.1 Å². The fraction of sp³-hybridized carbons (Fsp3) is 0.786. The maximum Gasteiger partial charge on any atom is 0.317 e. The fourth-order valence-corrected chi connectivity index (χ4v) is 2.76. The average molecular weight is 297 g/mol. The van der Waals surface area contributed by atoms with Crippen molar-refractivity contribution in [2.24, 2.45) is 0 Å². The van der Waals surface area contributed by atoms with E-state index in [2.05, 4.69) is 5.32 Å². The molecule has 4 amide bonds. The number of rotatable bonds is 4. The molecule has 2 fully saturated rings. The first kappa shape index (κ1) is 15.8.